The van der Waals surface area contributed by atoms with E-state index in [9.17, 15) is 14.4 Å². The van der Waals surface area contributed by atoms with E-state index in [2.05, 4.69) is 15.5 Å². The highest BCUT2D eigenvalue weighted by molar-refractivity contribution is 6.35. The second-order valence-corrected chi connectivity index (χ2v) is 5.19. The van der Waals surface area contributed by atoms with Crippen LogP contribution in [0.2, 0.25) is 0 Å². The number of nitrogens with zero attached hydrogens (tertiary/aromatic N) is 2. The monoisotopic (exact) mass is 284 g/mol. The van der Waals surface area contributed by atoms with Crippen LogP contribution in [0.4, 0.5) is 0 Å². The molecule has 0 bridgehead atoms. The molecule has 1 rings (SSSR count). The third kappa shape index (κ3) is 5.16. The Morgan fingerprint density at radius 3 is 2.25 bits per heavy atom. The molecule has 1 saturated heterocycles. The molecular weight excluding hydrogens is 260 g/mol. The first-order valence-electron chi connectivity index (χ1n) is 6.89. The standard InChI is InChI=1S/C13H24N4O3/c1-10(18)14-6-7-15-12(19)13(20)17(3)11-4-8-16(2)9-5-11/h11H,4-9H2,1-3H3,(H,14,18)(H,15,19). The average Bonchev–Trinajstić information content (AvgIpc) is 2.42. The first-order valence-corrected chi connectivity index (χ1v) is 6.89. The number of nitrogens with one attached hydrogen (secondary N) is 2. The molecule has 0 spiro atoms. The number of rotatable bonds is 4. The van der Waals surface area contributed by atoms with Crippen LogP contribution >= 0.6 is 0 Å². The summed E-state index contributed by atoms with van der Waals surface area (Å²) in [6.07, 6.45) is 1.77. The van der Waals surface area contributed by atoms with Gasteiger partial charge in [-0.05, 0) is 33.0 Å². The zero-order valence-electron chi connectivity index (χ0n) is 12.4. The van der Waals surface area contributed by atoms with Crippen LogP contribution in [0.15, 0.2) is 0 Å². The Labute approximate surface area is 119 Å². The fourth-order valence-corrected chi connectivity index (χ4v) is 2.20. The Bertz CT molecular complexity index is 365. The maximum absolute atomic E-state index is 12.0. The summed E-state index contributed by atoms with van der Waals surface area (Å²) >= 11 is 0. The third-order valence-electron chi connectivity index (χ3n) is 3.53. The zero-order chi connectivity index (χ0) is 15.1. The van der Waals surface area contributed by atoms with Gasteiger partial charge in [-0.25, -0.2) is 0 Å². The summed E-state index contributed by atoms with van der Waals surface area (Å²) in [6.45, 7) is 3.86. The molecule has 0 radical (unpaired) electrons. The second kappa shape index (κ2) is 7.84. The van der Waals surface area contributed by atoms with Crippen molar-refractivity contribution in [2.75, 3.05) is 40.3 Å². The number of likely N-dealkylation sites (N-methyl/N-ethyl adjacent to an activating group) is 1. The van der Waals surface area contributed by atoms with Crippen LogP contribution < -0.4 is 10.6 Å². The summed E-state index contributed by atoms with van der Waals surface area (Å²) in [4.78, 5) is 38.1. The lowest BCUT2D eigenvalue weighted by atomic mass is 10.0. The van der Waals surface area contributed by atoms with Crippen LogP contribution in [0.1, 0.15) is 19.8 Å². The molecule has 1 aliphatic rings. The van der Waals surface area contributed by atoms with Crippen LogP contribution in [0, 0.1) is 0 Å². The van der Waals surface area contributed by atoms with Gasteiger partial charge in [0, 0.05) is 33.1 Å². The van der Waals surface area contributed by atoms with Crippen LogP contribution in [0.3, 0.4) is 0 Å². The third-order valence-corrected chi connectivity index (χ3v) is 3.53. The summed E-state index contributed by atoms with van der Waals surface area (Å²) < 4.78 is 0. The van der Waals surface area contributed by atoms with E-state index >= 15 is 0 Å². The summed E-state index contributed by atoms with van der Waals surface area (Å²) in [5.74, 6) is -1.28. The molecule has 1 aliphatic heterocycles. The van der Waals surface area contributed by atoms with Crippen LogP contribution in [0.5, 0.6) is 0 Å². The molecule has 1 fully saturated rings. The Kier molecular flexibility index (Phi) is 6.44. The molecule has 7 heteroatoms. The van der Waals surface area contributed by atoms with Gasteiger partial charge >= 0.3 is 11.8 Å². The summed E-state index contributed by atoms with van der Waals surface area (Å²) in [6, 6.07) is 0.125. The van der Waals surface area contributed by atoms with Crippen LogP contribution in [0.25, 0.3) is 0 Å². The maximum atomic E-state index is 12.0. The Morgan fingerprint density at radius 2 is 1.70 bits per heavy atom. The van der Waals surface area contributed by atoms with E-state index in [4.69, 9.17) is 0 Å². The molecule has 7 nitrogen and oxygen atoms in total. The second-order valence-electron chi connectivity index (χ2n) is 5.19. The van der Waals surface area contributed by atoms with Gasteiger partial charge in [0.1, 0.15) is 0 Å². The molecule has 3 amide bonds. The number of hydrogen-bond acceptors (Lipinski definition) is 4. The zero-order valence-corrected chi connectivity index (χ0v) is 12.4. The molecule has 0 aromatic carbocycles. The van der Waals surface area contributed by atoms with Crippen molar-refractivity contribution >= 4 is 17.7 Å². The van der Waals surface area contributed by atoms with Gasteiger partial charge in [-0.15, -0.1) is 0 Å². The van der Waals surface area contributed by atoms with E-state index in [1.54, 1.807) is 7.05 Å². The van der Waals surface area contributed by atoms with E-state index in [0.717, 1.165) is 25.9 Å². The summed E-state index contributed by atoms with van der Waals surface area (Å²) in [5, 5.41) is 5.06. The lowest BCUT2D eigenvalue weighted by Gasteiger charge is -2.34. The summed E-state index contributed by atoms with van der Waals surface area (Å²) in [5.41, 5.74) is 0. The van der Waals surface area contributed by atoms with Crippen molar-refractivity contribution in [2.24, 2.45) is 0 Å². The van der Waals surface area contributed by atoms with E-state index in [-0.39, 0.29) is 18.5 Å². The molecule has 114 valence electrons. The van der Waals surface area contributed by atoms with Crippen LogP contribution in [-0.4, -0.2) is 73.8 Å². The van der Waals surface area contributed by atoms with Crippen molar-refractivity contribution in [3.05, 3.63) is 0 Å². The lowest BCUT2D eigenvalue weighted by Crippen LogP contribution is -2.50. The quantitative estimate of drug-likeness (QED) is 0.501. The number of amides is 3. The fourth-order valence-electron chi connectivity index (χ4n) is 2.20. The van der Waals surface area contributed by atoms with Crippen molar-refractivity contribution < 1.29 is 14.4 Å². The van der Waals surface area contributed by atoms with E-state index < -0.39 is 11.8 Å². The molecule has 2 N–H and O–H groups in total. The fraction of sp³-hybridized carbons (Fsp3) is 0.769. The van der Waals surface area contributed by atoms with E-state index in [1.807, 2.05) is 7.05 Å². The van der Waals surface area contributed by atoms with Crippen LogP contribution in [-0.2, 0) is 14.4 Å². The lowest BCUT2D eigenvalue weighted by molar-refractivity contribution is -0.146. The molecule has 0 unspecified atom stereocenters. The Hall–Kier alpha value is -1.63. The number of likely N-dealkylation sites (tertiary alicyclic amines) is 1. The largest absolute Gasteiger partial charge is 0.355 e. The highest BCUT2D eigenvalue weighted by Gasteiger charge is 2.27. The minimum absolute atomic E-state index is 0.125. The highest BCUT2D eigenvalue weighted by atomic mass is 16.2. The van der Waals surface area contributed by atoms with Crippen molar-refractivity contribution in [3.8, 4) is 0 Å². The normalized spacial score (nSPS) is 16.6. The Morgan fingerprint density at radius 1 is 1.15 bits per heavy atom. The van der Waals surface area contributed by atoms with Gasteiger partial charge < -0.3 is 20.4 Å². The van der Waals surface area contributed by atoms with Crippen molar-refractivity contribution in [3.63, 3.8) is 0 Å². The van der Waals surface area contributed by atoms with Crippen molar-refractivity contribution in [1.29, 1.82) is 0 Å². The molecule has 0 saturated carbocycles. The topological polar surface area (TPSA) is 81.8 Å². The molecular formula is C13H24N4O3. The van der Waals surface area contributed by atoms with Gasteiger partial charge in [0.15, 0.2) is 0 Å². The van der Waals surface area contributed by atoms with Gasteiger partial charge in [0.2, 0.25) is 5.91 Å². The SMILES string of the molecule is CC(=O)NCCNC(=O)C(=O)N(C)C1CCN(C)CC1. The first kappa shape index (κ1) is 16.4. The van der Waals surface area contributed by atoms with Gasteiger partial charge in [-0.1, -0.05) is 0 Å². The van der Waals surface area contributed by atoms with Gasteiger partial charge in [-0.2, -0.15) is 0 Å². The number of carbonyl (C=O) groups is 3. The molecule has 0 aromatic heterocycles. The molecule has 0 atom stereocenters. The van der Waals surface area contributed by atoms with Gasteiger partial charge in [-0.3, -0.25) is 14.4 Å². The highest BCUT2D eigenvalue weighted by Crippen LogP contribution is 2.14. The minimum atomic E-state index is -0.614. The molecule has 1 heterocycles. The average molecular weight is 284 g/mol. The van der Waals surface area contributed by atoms with Crippen molar-refractivity contribution in [1.82, 2.24) is 20.4 Å². The molecule has 20 heavy (non-hydrogen) atoms. The first-order chi connectivity index (χ1) is 9.41. The van der Waals surface area contributed by atoms with E-state index in [0.29, 0.717) is 6.54 Å². The number of carbonyl (C=O) groups excluding carboxylic acids is 3. The maximum Gasteiger partial charge on any atom is 0.311 e. The molecule has 0 aliphatic carbocycles. The minimum Gasteiger partial charge on any atom is -0.355 e. The smallest absolute Gasteiger partial charge is 0.311 e. The predicted molar refractivity (Wildman–Crippen MR) is 75.0 cm³/mol. The molecule has 0 aromatic rings. The predicted octanol–water partition coefficient (Wildman–Crippen LogP) is -1.21. The number of piperidine rings is 1. The number of hydrogen-bond donors (Lipinski definition) is 2. The van der Waals surface area contributed by atoms with Crippen molar-refractivity contribution in [2.45, 2.75) is 25.8 Å². The Balaban J connectivity index is 2.32. The van der Waals surface area contributed by atoms with Gasteiger partial charge in [0.25, 0.3) is 0 Å². The van der Waals surface area contributed by atoms with Gasteiger partial charge in [0.05, 0.1) is 0 Å². The van der Waals surface area contributed by atoms with E-state index in [1.165, 1.54) is 11.8 Å². The summed E-state index contributed by atoms with van der Waals surface area (Å²) in [7, 11) is 3.72.